The number of hydrogen-bond donors (Lipinski definition) is 1. The molecule has 7 nitrogen and oxygen atoms in total. The number of nitro groups is 1. The van der Waals surface area contributed by atoms with E-state index in [0.29, 0.717) is 0 Å². The molecule has 1 aromatic heterocycles. The van der Waals surface area contributed by atoms with E-state index in [9.17, 15) is 20.0 Å². The van der Waals surface area contributed by atoms with Gasteiger partial charge in [-0.2, -0.15) is 0 Å². The van der Waals surface area contributed by atoms with Gasteiger partial charge in [0.05, 0.1) is 18.1 Å². The molecule has 0 aliphatic heterocycles. The van der Waals surface area contributed by atoms with Gasteiger partial charge in [0.25, 0.3) is 5.69 Å². The Labute approximate surface area is 78.1 Å². The average molecular weight is 198 g/mol. The Morgan fingerprint density at radius 3 is 2.79 bits per heavy atom. The van der Waals surface area contributed by atoms with Crippen LogP contribution in [0.4, 0.5) is 5.69 Å². The number of nitrogens with zero attached hydrogens (tertiary/aromatic N) is 2. The Kier molecular flexibility index (Phi) is 2.61. The van der Waals surface area contributed by atoms with Crippen LogP contribution < -0.4 is 0 Å². The maximum Gasteiger partial charge on any atom is 0.360 e. The number of rotatable bonds is 2. The van der Waals surface area contributed by atoms with Crippen molar-refractivity contribution < 1.29 is 19.6 Å². The molecule has 1 aromatic rings. The molecule has 0 unspecified atom stereocenters. The molecule has 0 aliphatic carbocycles. The first-order valence-electron chi connectivity index (χ1n) is 3.48. The zero-order chi connectivity index (χ0) is 10.7. The van der Waals surface area contributed by atoms with Crippen LogP contribution in [0, 0.1) is 10.1 Å². The summed E-state index contributed by atoms with van der Waals surface area (Å²) in [4.78, 5) is 23.8. The van der Waals surface area contributed by atoms with Crippen molar-refractivity contribution in [2.45, 2.75) is 0 Å². The highest BCUT2D eigenvalue weighted by molar-refractivity contribution is 5.90. The van der Waals surface area contributed by atoms with Gasteiger partial charge in [-0.15, -0.1) is 0 Å². The van der Waals surface area contributed by atoms with Crippen molar-refractivity contribution in [2.24, 2.45) is 0 Å². The Morgan fingerprint density at radius 2 is 2.36 bits per heavy atom. The third-order valence-electron chi connectivity index (χ3n) is 1.44. The molecule has 1 rings (SSSR count). The Morgan fingerprint density at radius 1 is 1.71 bits per heavy atom. The summed E-state index contributed by atoms with van der Waals surface area (Å²) in [6.07, 6.45) is 0.867. The van der Waals surface area contributed by atoms with Gasteiger partial charge < -0.3 is 9.84 Å². The minimum atomic E-state index is -0.850. The van der Waals surface area contributed by atoms with Crippen molar-refractivity contribution in [3.8, 4) is 5.75 Å². The Balaban J connectivity index is 3.14. The summed E-state index contributed by atoms with van der Waals surface area (Å²) in [5.41, 5.74) is -0.742. The highest BCUT2D eigenvalue weighted by Crippen LogP contribution is 2.20. The summed E-state index contributed by atoms with van der Waals surface area (Å²) in [7, 11) is 1.12. The normalized spacial score (nSPS) is 9.50. The van der Waals surface area contributed by atoms with E-state index in [1.807, 2.05) is 0 Å². The molecule has 7 heteroatoms. The monoisotopic (exact) mass is 198 g/mol. The topological polar surface area (TPSA) is 103 Å². The van der Waals surface area contributed by atoms with Gasteiger partial charge in [-0.1, -0.05) is 0 Å². The van der Waals surface area contributed by atoms with E-state index in [1.54, 1.807) is 0 Å². The number of pyridine rings is 1. The summed E-state index contributed by atoms with van der Waals surface area (Å²) in [6.45, 7) is 0. The summed E-state index contributed by atoms with van der Waals surface area (Å²) in [5.74, 6) is -1.43. The van der Waals surface area contributed by atoms with E-state index in [0.717, 1.165) is 19.4 Å². The molecule has 0 fully saturated rings. The molecule has 0 aromatic carbocycles. The summed E-state index contributed by atoms with van der Waals surface area (Å²) < 4.78 is 4.29. The predicted octanol–water partition coefficient (Wildman–Crippen LogP) is 0.482. The Bertz CT molecular complexity index is 390. The molecule has 1 N–H and O–H groups in total. The minimum absolute atomic E-state index is 0.349. The average Bonchev–Trinajstić information content (AvgIpc) is 2.16. The molecule has 0 bridgehead atoms. The second kappa shape index (κ2) is 3.69. The second-order valence-corrected chi connectivity index (χ2v) is 2.31. The van der Waals surface area contributed by atoms with Gasteiger partial charge in [-0.25, -0.2) is 9.78 Å². The largest absolute Gasteiger partial charge is 0.505 e. The fraction of sp³-hybridized carbons (Fsp3) is 0.143. The summed E-state index contributed by atoms with van der Waals surface area (Å²) >= 11 is 0. The molecular weight excluding hydrogens is 192 g/mol. The van der Waals surface area contributed by atoms with E-state index in [4.69, 9.17) is 0 Å². The number of aromatic hydroxyl groups is 1. The molecule has 14 heavy (non-hydrogen) atoms. The minimum Gasteiger partial charge on any atom is -0.505 e. The first kappa shape index (κ1) is 9.90. The van der Waals surface area contributed by atoms with Gasteiger partial charge in [0.15, 0.2) is 11.4 Å². The van der Waals surface area contributed by atoms with Crippen LogP contribution in [0.3, 0.4) is 0 Å². The molecule has 0 radical (unpaired) electrons. The van der Waals surface area contributed by atoms with Gasteiger partial charge in [-0.3, -0.25) is 10.1 Å². The van der Waals surface area contributed by atoms with Crippen LogP contribution in [0.5, 0.6) is 5.75 Å². The lowest BCUT2D eigenvalue weighted by Gasteiger charge is -2.00. The van der Waals surface area contributed by atoms with Crippen molar-refractivity contribution in [1.82, 2.24) is 4.98 Å². The van der Waals surface area contributed by atoms with E-state index in [-0.39, 0.29) is 5.69 Å². The number of carbonyl (C=O) groups is 1. The highest BCUT2D eigenvalue weighted by Gasteiger charge is 2.17. The van der Waals surface area contributed by atoms with Crippen LogP contribution in [0.2, 0.25) is 0 Å². The van der Waals surface area contributed by atoms with Crippen LogP contribution in [-0.4, -0.2) is 28.1 Å². The van der Waals surface area contributed by atoms with E-state index >= 15 is 0 Å². The summed E-state index contributed by atoms with van der Waals surface area (Å²) in [5, 5.41) is 19.4. The summed E-state index contributed by atoms with van der Waals surface area (Å²) in [6, 6.07) is 0.833. The molecule has 0 saturated carbocycles. The van der Waals surface area contributed by atoms with E-state index < -0.39 is 22.3 Å². The van der Waals surface area contributed by atoms with Gasteiger partial charge in [0.1, 0.15) is 6.20 Å². The van der Waals surface area contributed by atoms with Crippen molar-refractivity contribution in [2.75, 3.05) is 7.11 Å². The van der Waals surface area contributed by atoms with Crippen LogP contribution in [0.15, 0.2) is 12.3 Å². The highest BCUT2D eigenvalue weighted by atomic mass is 16.6. The molecule has 74 valence electrons. The lowest BCUT2D eigenvalue weighted by molar-refractivity contribution is -0.385. The lowest BCUT2D eigenvalue weighted by atomic mass is 10.3. The standard InChI is InChI=1S/C7H6N2O5/c1-14-7(11)6-5(10)2-4(3-8-6)9(12)13/h2-3,10H,1H3. The van der Waals surface area contributed by atoms with Crippen LogP contribution in [0.25, 0.3) is 0 Å². The van der Waals surface area contributed by atoms with Crippen molar-refractivity contribution in [3.63, 3.8) is 0 Å². The van der Waals surface area contributed by atoms with E-state index in [1.165, 1.54) is 0 Å². The SMILES string of the molecule is COC(=O)c1ncc([N+](=O)[O-])cc1O. The third-order valence-corrected chi connectivity index (χ3v) is 1.44. The number of ether oxygens (including phenoxy) is 1. The molecule has 0 amide bonds. The van der Waals surface area contributed by atoms with Crippen LogP contribution >= 0.6 is 0 Å². The lowest BCUT2D eigenvalue weighted by Crippen LogP contribution is -2.04. The molecule has 0 saturated heterocycles. The molecule has 0 spiro atoms. The zero-order valence-electron chi connectivity index (χ0n) is 7.13. The maximum atomic E-state index is 10.9. The van der Waals surface area contributed by atoms with Crippen LogP contribution in [0.1, 0.15) is 10.5 Å². The van der Waals surface area contributed by atoms with Gasteiger partial charge in [-0.05, 0) is 0 Å². The van der Waals surface area contributed by atoms with Crippen molar-refractivity contribution >= 4 is 11.7 Å². The van der Waals surface area contributed by atoms with Crippen molar-refractivity contribution in [1.29, 1.82) is 0 Å². The zero-order valence-corrected chi connectivity index (χ0v) is 7.13. The fourth-order valence-corrected chi connectivity index (χ4v) is 0.796. The number of hydrogen-bond acceptors (Lipinski definition) is 6. The predicted molar refractivity (Wildman–Crippen MR) is 43.9 cm³/mol. The van der Waals surface area contributed by atoms with Gasteiger partial charge in [0, 0.05) is 0 Å². The molecule has 1 heterocycles. The molecule has 0 atom stereocenters. The number of carbonyl (C=O) groups excluding carboxylic acids is 1. The molecule has 0 aliphatic rings. The first-order valence-corrected chi connectivity index (χ1v) is 3.48. The number of methoxy groups -OCH3 is 1. The van der Waals surface area contributed by atoms with Crippen molar-refractivity contribution in [3.05, 3.63) is 28.1 Å². The number of esters is 1. The van der Waals surface area contributed by atoms with E-state index in [2.05, 4.69) is 9.72 Å². The smallest absolute Gasteiger partial charge is 0.360 e. The van der Waals surface area contributed by atoms with Crippen LogP contribution in [-0.2, 0) is 4.74 Å². The number of aromatic nitrogens is 1. The fourth-order valence-electron chi connectivity index (χ4n) is 0.796. The maximum absolute atomic E-state index is 10.9. The quantitative estimate of drug-likeness (QED) is 0.421. The second-order valence-electron chi connectivity index (χ2n) is 2.31. The third kappa shape index (κ3) is 1.76. The Hall–Kier alpha value is -2.18. The van der Waals surface area contributed by atoms with Gasteiger partial charge in [0.2, 0.25) is 0 Å². The van der Waals surface area contributed by atoms with Gasteiger partial charge >= 0.3 is 5.97 Å². The first-order chi connectivity index (χ1) is 6.56. The molecular formula is C7H6N2O5.